The van der Waals surface area contributed by atoms with Gasteiger partial charge < -0.3 is 15.5 Å². The molecule has 0 unspecified atom stereocenters. The minimum Gasteiger partial charge on any atom is -0.392 e. The van der Waals surface area contributed by atoms with Crippen molar-refractivity contribution in [3.63, 3.8) is 0 Å². The predicted octanol–water partition coefficient (Wildman–Crippen LogP) is 4.70. The summed E-state index contributed by atoms with van der Waals surface area (Å²) < 4.78 is 0. The van der Waals surface area contributed by atoms with Crippen molar-refractivity contribution in [2.24, 2.45) is 17.8 Å². The van der Waals surface area contributed by atoms with Gasteiger partial charge in [-0.2, -0.15) is 0 Å². The lowest BCUT2D eigenvalue weighted by atomic mass is 9.90. The van der Waals surface area contributed by atoms with Crippen LogP contribution in [0.2, 0.25) is 0 Å². The highest BCUT2D eigenvalue weighted by Gasteiger charge is 2.44. The summed E-state index contributed by atoms with van der Waals surface area (Å²) in [5.41, 5.74) is 2.54. The summed E-state index contributed by atoms with van der Waals surface area (Å²) in [6.45, 7) is 2.72. The molecule has 0 bridgehead atoms. The number of allylic oxidation sites excluding steroid dienone is 2. The molecule has 5 nitrogen and oxygen atoms in total. The molecule has 2 aliphatic carbocycles. The molecule has 3 N–H and O–H groups in total. The van der Waals surface area contributed by atoms with E-state index in [9.17, 15) is 15.0 Å². The molecule has 0 aliphatic heterocycles. The number of nitrogens with zero attached hydrogens (tertiary/aromatic N) is 1. The van der Waals surface area contributed by atoms with Gasteiger partial charge in [0, 0.05) is 31.3 Å². The van der Waals surface area contributed by atoms with Crippen molar-refractivity contribution in [3.8, 4) is 0 Å². The van der Waals surface area contributed by atoms with Crippen LogP contribution in [0, 0.1) is 17.8 Å². The number of amides is 1. The fourth-order valence-electron chi connectivity index (χ4n) is 5.25. The zero-order chi connectivity index (χ0) is 22.8. The maximum atomic E-state index is 12.1. The van der Waals surface area contributed by atoms with Crippen molar-refractivity contribution in [2.45, 2.75) is 89.9 Å². The molecule has 2 saturated carbocycles. The number of unbranched alkanes of at least 4 members (excludes halogenated alkanes) is 3. The molecule has 3 rings (SSSR count). The molecular weight excluding hydrogens is 400 g/mol. The first-order chi connectivity index (χ1) is 15.6. The second-order valence-corrected chi connectivity index (χ2v) is 9.55. The third-order valence-electron chi connectivity index (χ3n) is 7.05. The quantitative estimate of drug-likeness (QED) is 0.325. The minimum atomic E-state index is -0.395. The maximum Gasteiger partial charge on any atom is 0.220 e. The van der Waals surface area contributed by atoms with Crippen LogP contribution in [0.1, 0.15) is 76.7 Å². The van der Waals surface area contributed by atoms with Gasteiger partial charge in [0.05, 0.1) is 12.2 Å². The molecule has 2 aliphatic rings. The Kier molecular flexibility index (Phi) is 9.94. The van der Waals surface area contributed by atoms with E-state index in [0.717, 1.165) is 63.4 Å². The Morgan fingerprint density at radius 3 is 2.84 bits per heavy atom. The summed E-state index contributed by atoms with van der Waals surface area (Å²) in [7, 11) is 0. The molecule has 32 heavy (non-hydrogen) atoms. The maximum absolute atomic E-state index is 12.1. The number of aliphatic hydroxyl groups excluding tert-OH is 2. The number of pyridine rings is 1. The van der Waals surface area contributed by atoms with Crippen LogP contribution in [0.5, 0.6) is 0 Å². The number of nitrogens with one attached hydrogen (secondary N) is 1. The summed E-state index contributed by atoms with van der Waals surface area (Å²) in [5.74, 6) is 1.28. The van der Waals surface area contributed by atoms with E-state index >= 15 is 0 Å². The number of carbonyl (C=O) groups is 1. The van der Waals surface area contributed by atoms with E-state index in [1.165, 1.54) is 5.57 Å². The zero-order valence-electron chi connectivity index (χ0n) is 19.5. The fraction of sp³-hybridized carbons (Fsp3) is 0.630. The van der Waals surface area contributed by atoms with Crippen molar-refractivity contribution < 1.29 is 15.0 Å². The summed E-state index contributed by atoms with van der Waals surface area (Å²) in [5, 5.41) is 23.7. The average Bonchev–Trinajstić information content (AvgIpc) is 3.31. The highest BCUT2D eigenvalue weighted by molar-refractivity contribution is 5.75. The van der Waals surface area contributed by atoms with Crippen molar-refractivity contribution in [1.29, 1.82) is 0 Å². The first kappa shape index (κ1) is 24.7. The summed E-state index contributed by atoms with van der Waals surface area (Å²) in [4.78, 5) is 16.0. The van der Waals surface area contributed by atoms with Crippen LogP contribution in [0.3, 0.4) is 0 Å². The van der Waals surface area contributed by atoms with Crippen molar-refractivity contribution in [3.05, 3.63) is 53.9 Å². The Morgan fingerprint density at radius 2 is 2.06 bits per heavy atom. The first-order valence-electron chi connectivity index (χ1n) is 12.4. The van der Waals surface area contributed by atoms with Crippen molar-refractivity contribution in [2.75, 3.05) is 0 Å². The third-order valence-corrected chi connectivity index (χ3v) is 7.05. The Balaban J connectivity index is 1.37. The summed E-state index contributed by atoms with van der Waals surface area (Å²) in [6, 6.07) is 3.82. The van der Waals surface area contributed by atoms with Gasteiger partial charge in [0.2, 0.25) is 5.91 Å². The Bertz CT molecular complexity index is 761. The fourth-order valence-corrected chi connectivity index (χ4v) is 5.25. The van der Waals surface area contributed by atoms with Crippen LogP contribution in [0.15, 0.2) is 48.3 Å². The Hall–Kier alpha value is -1.98. The second-order valence-electron chi connectivity index (χ2n) is 9.55. The normalized spacial score (nSPS) is 27.2. The van der Waals surface area contributed by atoms with Crippen molar-refractivity contribution in [1.82, 2.24) is 10.3 Å². The van der Waals surface area contributed by atoms with Crippen LogP contribution in [0.4, 0.5) is 0 Å². The molecule has 1 aromatic heterocycles. The van der Waals surface area contributed by atoms with Gasteiger partial charge in [-0.25, -0.2) is 0 Å². The number of aliphatic hydroxyl groups is 2. The highest BCUT2D eigenvalue weighted by Crippen LogP contribution is 2.50. The van der Waals surface area contributed by atoms with Crippen LogP contribution in [0.25, 0.3) is 0 Å². The third kappa shape index (κ3) is 7.56. The molecule has 0 saturated heterocycles. The van der Waals surface area contributed by atoms with Gasteiger partial charge in [-0.3, -0.25) is 9.78 Å². The molecule has 1 aromatic rings. The molecule has 0 spiro atoms. The lowest BCUT2D eigenvalue weighted by Crippen LogP contribution is -2.22. The molecule has 5 heteroatoms. The summed E-state index contributed by atoms with van der Waals surface area (Å²) in [6.07, 6.45) is 18.6. The number of fused-ring (bicyclic) bond motifs is 1. The van der Waals surface area contributed by atoms with E-state index in [-0.39, 0.29) is 17.9 Å². The predicted molar refractivity (Wildman–Crippen MR) is 128 cm³/mol. The monoisotopic (exact) mass is 440 g/mol. The topological polar surface area (TPSA) is 82.5 Å². The van der Waals surface area contributed by atoms with E-state index in [4.69, 9.17) is 0 Å². The number of hydrogen-bond donors (Lipinski definition) is 3. The molecule has 0 radical (unpaired) electrons. The smallest absolute Gasteiger partial charge is 0.220 e. The van der Waals surface area contributed by atoms with Gasteiger partial charge in [-0.05, 0) is 68.1 Å². The molecule has 0 aromatic carbocycles. The highest BCUT2D eigenvalue weighted by atomic mass is 16.3. The van der Waals surface area contributed by atoms with Crippen LogP contribution >= 0.6 is 0 Å². The van der Waals surface area contributed by atoms with Gasteiger partial charge in [-0.1, -0.05) is 50.0 Å². The van der Waals surface area contributed by atoms with Crippen molar-refractivity contribution >= 4 is 5.91 Å². The SMILES string of the molecule is CCCCC[C@H](O)C=C[C@@H]1[C@H]2CC(=CCCCC(=O)NCc3ccncc3)C[C@H]2C[C@H]1O. The molecule has 176 valence electrons. The number of carbonyl (C=O) groups excluding carboxylic acids is 1. The van der Waals surface area contributed by atoms with Gasteiger partial charge in [0.25, 0.3) is 0 Å². The van der Waals surface area contributed by atoms with Crippen LogP contribution in [-0.4, -0.2) is 33.3 Å². The standard InChI is InChI=1S/C27H40N2O3/c1-2-3-4-8-23(30)10-11-24-25-17-21(16-22(25)18-26(24)31)7-5-6-9-27(32)29-19-20-12-14-28-15-13-20/h7,10-15,22-26,30-31H,2-6,8-9,16-19H2,1H3,(H,29,32)/t22-,23-,24+,25-,26+/m0/s1. The Morgan fingerprint density at radius 1 is 1.25 bits per heavy atom. The lowest BCUT2D eigenvalue weighted by Gasteiger charge is -2.17. The minimum absolute atomic E-state index is 0.0920. The number of rotatable bonds is 12. The Labute approximate surface area is 193 Å². The average molecular weight is 441 g/mol. The van der Waals surface area contributed by atoms with E-state index in [2.05, 4.69) is 29.4 Å². The molecule has 1 heterocycles. The molecular formula is C27H40N2O3. The van der Waals surface area contributed by atoms with Crippen LogP contribution < -0.4 is 5.32 Å². The lowest BCUT2D eigenvalue weighted by molar-refractivity contribution is -0.121. The number of hydrogen-bond acceptors (Lipinski definition) is 4. The first-order valence-corrected chi connectivity index (χ1v) is 12.4. The van der Waals surface area contributed by atoms with E-state index < -0.39 is 6.10 Å². The van der Waals surface area contributed by atoms with Gasteiger partial charge in [-0.15, -0.1) is 0 Å². The largest absolute Gasteiger partial charge is 0.392 e. The number of aromatic nitrogens is 1. The van der Waals surface area contributed by atoms with Crippen LogP contribution in [-0.2, 0) is 11.3 Å². The molecule has 5 atom stereocenters. The van der Waals surface area contributed by atoms with E-state index in [0.29, 0.717) is 24.8 Å². The molecule has 2 fully saturated rings. The van der Waals surface area contributed by atoms with E-state index in [1.54, 1.807) is 12.4 Å². The van der Waals surface area contributed by atoms with E-state index in [1.807, 2.05) is 18.2 Å². The molecule has 1 amide bonds. The zero-order valence-corrected chi connectivity index (χ0v) is 19.5. The summed E-state index contributed by atoms with van der Waals surface area (Å²) >= 11 is 0. The van der Waals surface area contributed by atoms with Gasteiger partial charge in [0.15, 0.2) is 0 Å². The van der Waals surface area contributed by atoms with Gasteiger partial charge in [0.1, 0.15) is 0 Å². The second kappa shape index (κ2) is 12.9. The van der Waals surface area contributed by atoms with Gasteiger partial charge >= 0.3 is 0 Å².